The summed E-state index contributed by atoms with van der Waals surface area (Å²) >= 11 is 5.62. The fourth-order valence-electron chi connectivity index (χ4n) is 2.55. The number of aromatic nitrogens is 4. The number of H-pyrrole nitrogens is 1. The molecule has 0 atom stereocenters. The van der Waals surface area contributed by atoms with Crippen LogP contribution in [-0.4, -0.2) is 31.3 Å². The maximum atomic E-state index is 13.0. The van der Waals surface area contributed by atoms with Gasteiger partial charge in [-0.15, -0.1) is 0 Å². The highest BCUT2D eigenvalue weighted by Gasteiger charge is 2.33. The van der Waals surface area contributed by atoms with Gasteiger partial charge in [0.15, 0.2) is 0 Å². The highest BCUT2D eigenvalue weighted by Crippen LogP contribution is 2.35. The third-order valence-corrected chi connectivity index (χ3v) is 4.03. The summed E-state index contributed by atoms with van der Waals surface area (Å²) in [5, 5.41) is 12.6. The molecule has 0 aliphatic carbocycles. The van der Waals surface area contributed by atoms with E-state index in [4.69, 9.17) is 11.6 Å². The van der Waals surface area contributed by atoms with Gasteiger partial charge in [0.05, 0.1) is 10.6 Å². The van der Waals surface area contributed by atoms with E-state index >= 15 is 0 Å². The number of halogens is 4. The summed E-state index contributed by atoms with van der Waals surface area (Å²) in [6.45, 7) is -0.234. The van der Waals surface area contributed by atoms with Crippen molar-refractivity contribution in [3.8, 4) is 0 Å². The van der Waals surface area contributed by atoms with E-state index in [-0.39, 0.29) is 36.4 Å². The first-order valence-corrected chi connectivity index (χ1v) is 7.59. The molecule has 2 aromatic heterocycles. The molecule has 0 saturated heterocycles. The van der Waals surface area contributed by atoms with Crippen LogP contribution in [0, 0.1) is 0 Å². The zero-order valence-electron chi connectivity index (χ0n) is 12.6. The van der Waals surface area contributed by atoms with Crippen LogP contribution in [0.5, 0.6) is 0 Å². The lowest BCUT2D eigenvalue weighted by atomic mass is 10.0. The fourth-order valence-corrected chi connectivity index (χ4v) is 2.78. The summed E-state index contributed by atoms with van der Waals surface area (Å²) in [6, 6.07) is 3.48. The third kappa shape index (κ3) is 3.38. The summed E-state index contributed by atoms with van der Waals surface area (Å²) in [7, 11) is 0. The van der Waals surface area contributed by atoms with Crippen molar-refractivity contribution in [3.63, 3.8) is 0 Å². The van der Waals surface area contributed by atoms with Crippen molar-refractivity contribution in [2.75, 3.05) is 6.61 Å². The molecule has 2 heterocycles. The van der Waals surface area contributed by atoms with Crippen molar-refractivity contribution in [2.45, 2.75) is 19.0 Å². The number of aliphatic hydroxyl groups is 1. The number of aromatic amines is 1. The van der Waals surface area contributed by atoms with Crippen molar-refractivity contribution in [1.82, 2.24) is 19.6 Å². The minimum Gasteiger partial charge on any atom is -0.396 e. The molecular weight excluding hydrogens is 361 g/mol. The summed E-state index contributed by atoms with van der Waals surface area (Å²) in [6.07, 6.45) is -3.35. The molecule has 0 fully saturated rings. The first-order valence-electron chi connectivity index (χ1n) is 7.21. The van der Waals surface area contributed by atoms with E-state index in [0.717, 1.165) is 16.6 Å². The Bertz CT molecular complexity index is 981. The molecule has 3 rings (SSSR count). The predicted octanol–water partition coefficient (Wildman–Crippen LogP) is 2.22. The summed E-state index contributed by atoms with van der Waals surface area (Å²) in [4.78, 5) is 19.3. The van der Waals surface area contributed by atoms with Gasteiger partial charge in [0.25, 0.3) is 5.56 Å². The number of alkyl halides is 3. The van der Waals surface area contributed by atoms with Gasteiger partial charge in [-0.25, -0.2) is 0 Å². The molecular formula is C15H12ClF3N4O2. The quantitative estimate of drug-likeness (QED) is 0.735. The average Bonchev–Trinajstić information content (AvgIpc) is 3.00. The highest BCUT2D eigenvalue weighted by atomic mass is 35.5. The smallest absolute Gasteiger partial charge is 0.396 e. The molecule has 2 N–H and O–H groups in total. The standard InChI is InChI=1S/C15H12ClF3N4O2/c16-11-2-1-8(6-10(11)15(17,18)19)5-9-12(3-4-24)22-14-20-7-21-23(14)13(9)25/h1-2,6-7,24H,3-5H2,(H,20,21,22). The topological polar surface area (TPSA) is 83.3 Å². The number of benzene rings is 1. The van der Waals surface area contributed by atoms with E-state index in [1.54, 1.807) is 0 Å². The van der Waals surface area contributed by atoms with Crippen LogP contribution in [0.3, 0.4) is 0 Å². The van der Waals surface area contributed by atoms with Crippen LogP contribution >= 0.6 is 11.6 Å². The van der Waals surface area contributed by atoms with Crippen molar-refractivity contribution in [2.24, 2.45) is 0 Å². The number of aliphatic hydroxyl groups excluding tert-OH is 1. The molecule has 1 aromatic carbocycles. The molecule has 25 heavy (non-hydrogen) atoms. The van der Waals surface area contributed by atoms with Gasteiger partial charge in [-0.1, -0.05) is 17.7 Å². The summed E-state index contributed by atoms with van der Waals surface area (Å²) < 4.78 is 40.0. The van der Waals surface area contributed by atoms with E-state index in [9.17, 15) is 23.1 Å². The first kappa shape index (κ1) is 17.4. The number of rotatable bonds is 4. The van der Waals surface area contributed by atoms with Gasteiger partial charge in [-0.2, -0.15) is 27.8 Å². The molecule has 3 aromatic rings. The van der Waals surface area contributed by atoms with E-state index in [1.807, 2.05) is 0 Å². The molecule has 10 heteroatoms. The Morgan fingerprint density at radius 2 is 2.08 bits per heavy atom. The van der Waals surface area contributed by atoms with Crippen LogP contribution in [0.4, 0.5) is 13.2 Å². The molecule has 0 aliphatic heterocycles. The summed E-state index contributed by atoms with van der Waals surface area (Å²) in [5.74, 6) is 0.198. The summed E-state index contributed by atoms with van der Waals surface area (Å²) in [5.41, 5.74) is -0.591. The number of nitrogens with zero attached hydrogens (tertiary/aromatic N) is 3. The second-order valence-corrected chi connectivity index (χ2v) is 5.75. The highest BCUT2D eigenvalue weighted by molar-refractivity contribution is 6.31. The van der Waals surface area contributed by atoms with Crippen LogP contribution in [0.2, 0.25) is 5.02 Å². The molecule has 0 amide bonds. The van der Waals surface area contributed by atoms with E-state index < -0.39 is 22.3 Å². The maximum absolute atomic E-state index is 13.0. The Balaban J connectivity index is 2.10. The van der Waals surface area contributed by atoms with E-state index in [0.29, 0.717) is 5.69 Å². The van der Waals surface area contributed by atoms with Crippen LogP contribution in [0.1, 0.15) is 22.4 Å². The van der Waals surface area contributed by atoms with Crippen molar-refractivity contribution < 1.29 is 18.3 Å². The fraction of sp³-hybridized carbons (Fsp3) is 0.267. The minimum absolute atomic E-state index is 0.0687. The third-order valence-electron chi connectivity index (χ3n) is 3.70. The monoisotopic (exact) mass is 372 g/mol. The van der Waals surface area contributed by atoms with Gasteiger partial charge >= 0.3 is 6.18 Å². The van der Waals surface area contributed by atoms with Gasteiger partial charge < -0.3 is 10.1 Å². The van der Waals surface area contributed by atoms with Crippen LogP contribution in [0.25, 0.3) is 5.78 Å². The van der Waals surface area contributed by atoms with Gasteiger partial charge in [-0.3, -0.25) is 4.79 Å². The first-order chi connectivity index (χ1) is 11.8. The maximum Gasteiger partial charge on any atom is 0.417 e. The minimum atomic E-state index is -4.59. The largest absolute Gasteiger partial charge is 0.417 e. The van der Waals surface area contributed by atoms with Gasteiger partial charge in [0, 0.05) is 30.7 Å². The van der Waals surface area contributed by atoms with Crippen molar-refractivity contribution in [1.29, 1.82) is 0 Å². The van der Waals surface area contributed by atoms with Crippen molar-refractivity contribution >= 4 is 17.4 Å². The Labute approximate surface area is 143 Å². The second-order valence-electron chi connectivity index (χ2n) is 5.35. The van der Waals surface area contributed by atoms with Gasteiger partial charge in [0.2, 0.25) is 5.78 Å². The molecule has 0 aliphatic rings. The molecule has 0 unspecified atom stereocenters. The molecule has 0 radical (unpaired) electrons. The van der Waals surface area contributed by atoms with Crippen molar-refractivity contribution in [3.05, 3.63) is 62.3 Å². The Kier molecular flexibility index (Phi) is 4.53. The average molecular weight is 373 g/mol. The number of hydrogen-bond acceptors (Lipinski definition) is 4. The normalized spacial score (nSPS) is 12.0. The van der Waals surface area contributed by atoms with Crippen LogP contribution in [0.15, 0.2) is 29.3 Å². The molecule has 0 spiro atoms. The predicted molar refractivity (Wildman–Crippen MR) is 83.7 cm³/mol. The molecule has 0 bridgehead atoms. The Hall–Kier alpha value is -2.39. The van der Waals surface area contributed by atoms with Gasteiger partial charge in [-0.05, 0) is 17.7 Å². The van der Waals surface area contributed by atoms with E-state index in [1.165, 1.54) is 12.4 Å². The SMILES string of the molecule is O=c1c(Cc2ccc(Cl)c(C(F)(F)F)c2)c(CCO)[nH]c2ncnn12. The van der Waals surface area contributed by atoms with Crippen LogP contribution in [-0.2, 0) is 19.0 Å². The lowest BCUT2D eigenvalue weighted by Gasteiger charge is -2.12. The number of fused-ring (bicyclic) bond motifs is 1. The lowest BCUT2D eigenvalue weighted by molar-refractivity contribution is -0.137. The number of nitrogens with one attached hydrogen (secondary N) is 1. The molecule has 132 valence electrons. The molecule has 0 saturated carbocycles. The Morgan fingerprint density at radius 1 is 1.32 bits per heavy atom. The van der Waals surface area contributed by atoms with Crippen LogP contribution < -0.4 is 5.56 Å². The zero-order valence-corrected chi connectivity index (χ0v) is 13.4. The van der Waals surface area contributed by atoms with E-state index in [2.05, 4.69) is 15.1 Å². The van der Waals surface area contributed by atoms with Gasteiger partial charge in [0.1, 0.15) is 6.33 Å². The Morgan fingerprint density at radius 3 is 2.76 bits per heavy atom. The lowest BCUT2D eigenvalue weighted by Crippen LogP contribution is -2.24. The molecule has 6 nitrogen and oxygen atoms in total. The zero-order chi connectivity index (χ0) is 18.2. The number of hydrogen-bond donors (Lipinski definition) is 2. The second kappa shape index (κ2) is 6.49.